The largest absolute Gasteiger partial charge is 0.508 e. The van der Waals surface area contributed by atoms with Crippen LogP contribution >= 0.6 is 0 Å². The van der Waals surface area contributed by atoms with E-state index in [1.54, 1.807) is 0 Å². The molecule has 0 aromatic heterocycles. The molecule has 0 fully saturated rings. The van der Waals surface area contributed by atoms with Crippen molar-refractivity contribution >= 4 is 29.6 Å². The van der Waals surface area contributed by atoms with Crippen LogP contribution in [0.1, 0.15) is 69.8 Å². The monoisotopic (exact) mass is 621 g/mol. The molecule has 1 aromatic carbocycles. The maximum Gasteiger partial charge on any atom is 0.243 e. The SMILES string of the molecule is NC(=O)C[C@H](NC(=O)Cc1ccc(O)cc1O)C(=O)NCCCCCCCNCCCCCNC(=O)[C@@H](N)CCN=C(N)N. The molecule has 0 aliphatic heterocycles. The fourth-order valence-corrected chi connectivity index (χ4v) is 4.25. The van der Waals surface area contributed by atoms with Gasteiger partial charge in [0.2, 0.25) is 23.6 Å². The van der Waals surface area contributed by atoms with Crippen LogP contribution in [0, 0.1) is 0 Å². The molecular formula is C29H51N9O6. The van der Waals surface area contributed by atoms with Gasteiger partial charge in [0.15, 0.2) is 5.96 Å². The minimum Gasteiger partial charge on any atom is -0.508 e. The van der Waals surface area contributed by atoms with Gasteiger partial charge in [0, 0.05) is 31.3 Å². The molecule has 2 atom stereocenters. The second-order valence-corrected chi connectivity index (χ2v) is 10.6. The van der Waals surface area contributed by atoms with E-state index in [-0.39, 0.29) is 41.8 Å². The molecule has 15 nitrogen and oxygen atoms in total. The number of hydrogen-bond donors (Lipinski definition) is 10. The normalized spacial score (nSPS) is 12.1. The summed E-state index contributed by atoms with van der Waals surface area (Å²) in [6.07, 6.45) is 7.51. The number of nitrogens with two attached hydrogens (primary N) is 4. The average Bonchev–Trinajstić information content (AvgIpc) is 2.95. The number of rotatable bonds is 24. The van der Waals surface area contributed by atoms with Crippen LogP contribution in [-0.2, 0) is 25.6 Å². The van der Waals surface area contributed by atoms with Gasteiger partial charge in [-0.05, 0) is 51.3 Å². The summed E-state index contributed by atoms with van der Waals surface area (Å²) in [4.78, 5) is 52.1. The Balaban J connectivity index is 2.07. The van der Waals surface area contributed by atoms with Gasteiger partial charge in [-0.25, -0.2) is 0 Å². The van der Waals surface area contributed by atoms with Gasteiger partial charge in [0.1, 0.15) is 17.5 Å². The van der Waals surface area contributed by atoms with Crippen LogP contribution in [0.4, 0.5) is 0 Å². The van der Waals surface area contributed by atoms with Gasteiger partial charge in [0.05, 0.1) is 18.9 Å². The maximum absolute atomic E-state index is 12.5. The number of carbonyl (C=O) groups is 4. The van der Waals surface area contributed by atoms with Crippen molar-refractivity contribution in [3.8, 4) is 11.5 Å². The average molecular weight is 622 g/mol. The maximum atomic E-state index is 12.5. The Labute approximate surface area is 259 Å². The second kappa shape index (κ2) is 22.4. The van der Waals surface area contributed by atoms with Crippen molar-refractivity contribution in [1.29, 1.82) is 0 Å². The van der Waals surface area contributed by atoms with E-state index in [1.807, 2.05) is 0 Å². The standard InChI is InChI=1S/C29H51N9O6/c30-22(11-16-37-29(32)33)27(43)35-14-8-4-6-13-34-12-5-2-1-3-7-15-36-28(44)23(19-25(31)41)38-26(42)17-20-9-10-21(39)18-24(20)40/h9-10,18,22-23,34,39-40H,1-8,11-17,19,30H2,(H2,31,41)(H,35,43)(H,36,44)(H,38,42)(H4,32,33,37)/t22-,23-/m0/s1. The molecule has 0 heterocycles. The van der Waals surface area contributed by atoms with E-state index >= 15 is 0 Å². The molecule has 44 heavy (non-hydrogen) atoms. The number of hydrogen-bond acceptors (Lipinski definition) is 9. The molecule has 1 aromatic rings. The molecule has 0 spiro atoms. The summed E-state index contributed by atoms with van der Waals surface area (Å²) in [7, 11) is 0. The number of guanidine groups is 1. The number of unbranched alkanes of at least 4 members (excludes halogenated alkanes) is 6. The minimum atomic E-state index is -1.12. The number of nitrogens with zero attached hydrogens (tertiary/aromatic N) is 1. The lowest BCUT2D eigenvalue weighted by atomic mass is 10.1. The van der Waals surface area contributed by atoms with Gasteiger partial charge in [-0.3, -0.25) is 24.2 Å². The third-order valence-electron chi connectivity index (χ3n) is 6.71. The van der Waals surface area contributed by atoms with Gasteiger partial charge in [-0.15, -0.1) is 0 Å². The van der Waals surface area contributed by atoms with Gasteiger partial charge in [0.25, 0.3) is 0 Å². The summed E-state index contributed by atoms with van der Waals surface area (Å²) in [5.41, 5.74) is 21.8. The quantitative estimate of drug-likeness (QED) is 0.0379. The molecule has 15 heteroatoms. The predicted molar refractivity (Wildman–Crippen MR) is 168 cm³/mol. The highest BCUT2D eigenvalue weighted by atomic mass is 16.3. The van der Waals surface area contributed by atoms with Crippen molar-refractivity contribution in [2.24, 2.45) is 27.9 Å². The van der Waals surface area contributed by atoms with E-state index < -0.39 is 29.8 Å². The lowest BCUT2D eigenvalue weighted by Gasteiger charge is -2.17. The molecule has 0 bridgehead atoms. The van der Waals surface area contributed by atoms with Gasteiger partial charge in [-0.1, -0.05) is 31.7 Å². The number of amides is 4. The van der Waals surface area contributed by atoms with Crippen molar-refractivity contribution in [3.05, 3.63) is 23.8 Å². The number of nitrogens with one attached hydrogen (secondary N) is 4. The van der Waals surface area contributed by atoms with E-state index in [1.165, 1.54) is 12.1 Å². The highest BCUT2D eigenvalue weighted by Crippen LogP contribution is 2.22. The molecule has 0 aliphatic rings. The zero-order valence-corrected chi connectivity index (χ0v) is 25.5. The Morgan fingerprint density at radius 3 is 1.95 bits per heavy atom. The number of benzene rings is 1. The summed E-state index contributed by atoms with van der Waals surface area (Å²) >= 11 is 0. The van der Waals surface area contributed by atoms with E-state index in [2.05, 4.69) is 26.3 Å². The Bertz CT molecular complexity index is 1070. The van der Waals surface area contributed by atoms with Crippen molar-refractivity contribution in [1.82, 2.24) is 21.3 Å². The summed E-state index contributed by atoms with van der Waals surface area (Å²) < 4.78 is 0. The van der Waals surface area contributed by atoms with Crippen LogP contribution < -0.4 is 44.2 Å². The number of phenolic OH excluding ortho intramolecular Hbond substituents is 2. The summed E-state index contributed by atoms with van der Waals surface area (Å²) in [5, 5.41) is 30.7. The fraction of sp³-hybridized carbons (Fsp3) is 0.621. The molecule has 0 aliphatic carbocycles. The first-order chi connectivity index (χ1) is 21.0. The van der Waals surface area contributed by atoms with E-state index in [0.29, 0.717) is 26.1 Å². The first-order valence-corrected chi connectivity index (χ1v) is 15.1. The highest BCUT2D eigenvalue weighted by Gasteiger charge is 2.23. The highest BCUT2D eigenvalue weighted by molar-refractivity contribution is 5.92. The number of carbonyl (C=O) groups excluding carboxylic acids is 4. The van der Waals surface area contributed by atoms with Crippen molar-refractivity contribution in [3.63, 3.8) is 0 Å². The zero-order valence-electron chi connectivity index (χ0n) is 25.5. The summed E-state index contributed by atoms with van der Waals surface area (Å²) in [5.74, 6) is -2.39. The molecule has 0 saturated carbocycles. The zero-order chi connectivity index (χ0) is 32.7. The van der Waals surface area contributed by atoms with E-state index in [0.717, 1.165) is 70.5 Å². The molecule has 0 unspecified atom stereocenters. The smallest absolute Gasteiger partial charge is 0.243 e. The van der Waals surface area contributed by atoms with Crippen LogP contribution in [-0.4, -0.2) is 84.6 Å². The lowest BCUT2D eigenvalue weighted by Crippen LogP contribution is -2.49. The number of primary amides is 1. The Hall–Kier alpha value is -4.11. The summed E-state index contributed by atoms with van der Waals surface area (Å²) in [6, 6.07) is 2.10. The first kappa shape index (κ1) is 37.9. The van der Waals surface area contributed by atoms with Crippen molar-refractivity contribution in [2.45, 2.75) is 82.7 Å². The Kier molecular flexibility index (Phi) is 19.3. The second-order valence-electron chi connectivity index (χ2n) is 10.6. The molecule has 4 amide bonds. The number of aliphatic imine (C=N–C) groups is 1. The van der Waals surface area contributed by atoms with Crippen LogP contribution in [0.3, 0.4) is 0 Å². The van der Waals surface area contributed by atoms with Crippen molar-refractivity contribution < 1.29 is 29.4 Å². The molecular weight excluding hydrogens is 570 g/mol. The molecule has 0 saturated heterocycles. The van der Waals surface area contributed by atoms with Crippen LogP contribution in [0.5, 0.6) is 11.5 Å². The van der Waals surface area contributed by atoms with E-state index in [9.17, 15) is 29.4 Å². The fourth-order valence-electron chi connectivity index (χ4n) is 4.25. The molecule has 14 N–H and O–H groups in total. The third kappa shape index (κ3) is 18.4. The third-order valence-corrected chi connectivity index (χ3v) is 6.71. The van der Waals surface area contributed by atoms with Crippen LogP contribution in [0.2, 0.25) is 0 Å². The topological polar surface area (TPSA) is 273 Å². The predicted octanol–water partition coefficient (Wildman–Crippen LogP) is -1.07. The van der Waals surface area contributed by atoms with Gasteiger partial charge in [-0.2, -0.15) is 0 Å². The molecule has 0 radical (unpaired) electrons. The lowest BCUT2D eigenvalue weighted by molar-refractivity contribution is -0.131. The summed E-state index contributed by atoms with van der Waals surface area (Å²) in [6.45, 7) is 3.15. The van der Waals surface area contributed by atoms with Gasteiger partial charge >= 0.3 is 0 Å². The number of aromatic hydroxyl groups is 2. The van der Waals surface area contributed by atoms with Crippen molar-refractivity contribution in [2.75, 3.05) is 32.7 Å². The molecule has 1 rings (SSSR count). The first-order valence-electron chi connectivity index (χ1n) is 15.1. The van der Waals surface area contributed by atoms with Gasteiger partial charge < -0.3 is 54.4 Å². The Morgan fingerprint density at radius 2 is 1.36 bits per heavy atom. The number of phenols is 2. The van der Waals surface area contributed by atoms with Crippen LogP contribution in [0.25, 0.3) is 0 Å². The minimum absolute atomic E-state index is 0.0159. The van der Waals surface area contributed by atoms with E-state index in [4.69, 9.17) is 22.9 Å². The Morgan fingerprint density at radius 1 is 0.795 bits per heavy atom. The van der Waals surface area contributed by atoms with Crippen LogP contribution in [0.15, 0.2) is 23.2 Å². The molecule has 248 valence electrons.